The molecule has 0 saturated carbocycles. The molecule has 4 rings (SSSR count). The molecule has 0 bridgehead atoms. The molecule has 2 N–H and O–H groups in total. The molecule has 1 amide bonds. The van der Waals surface area contributed by atoms with E-state index in [-0.39, 0.29) is 5.82 Å². The zero-order valence-electron chi connectivity index (χ0n) is 16.7. The van der Waals surface area contributed by atoms with Gasteiger partial charge in [-0.1, -0.05) is 24.3 Å². The van der Waals surface area contributed by atoms with Crippen molar-refractivity contribution in [3.05, 3.63) is 96.1 Å². The van der Waals surface area contributed by atoms with Crippen molar-refractivity contribution in [1.29, 1.82) is 0 Å². The van der Waals surface area contributed by atoms with Gasteiger partial charge in [0.15, 0.2) is 5.82 Å². The average molecular weight is 417 g/mol. The van der Waals surface area contributed by atoms with Gasteiger partial charge in [-0.3, -0.25) is 14.7 Å². The Morgan fingerprint density at radius 3 is 2.42 bits per heavy atom. The van der Waals surface area contributed by atoms with E-state index >= 15 is 0 Å². The molecule has 0 unspecified atom stereocenters. The Hall–Kier alpha value is -4.04. The Morgan fingerprint density at radius 1 is 1.03 bits per heavy atom. The van der Waals surface area contributed by atoms with Gasteiger partial charge in [-0.05, 0) is 53.1 Å². The SMILES string of the molecule is Cn1ccc(N(Cc2ccc(C(=O)NO)cc2)c2cc(-c3ccc(F)cc3)ccn2)n1. The van der Waals surface area contributed by atoms with E-state index in [1.807, 2.05) is 48.5 Å². The van der Waals surface area contributed by atoms with Crippen LogP contribution in [-0.2, 0) is 13.6 Å². The fourth-order valence-electron chi connectivity index (χ4n) is 3.22. The first-order valence-electron chi connectivity index (χ1n) is 9.56. The molecule has 0 aliphatic carbocycles. The summed E-state index contributed by atoms with van der Waals surface area (Å²) >= 11 is 0. The Morgan fingerprint density at radius 2 is 1.77 bits per heavy atom. The smallest absolute Gasteiger partial charge is 0.274 e. The van der Waals surface area contributed by atoms with E-state index in [4.69, 9.17) is 5.21 Å². The van der Waals surface area contributed by atoms with Crippen LogP contribution in [0.2, 0.25) is 0 Å². The number of hydroxylamine groups is 1. The number of anilines is 2. The third-order valence-corrected chi connectivity index (χ3v) is 4.83. The lowest BCUT2D eigenvalue weighted by Crippen LogP contribution is -2.20. The molecular weight excluding hydrogens is 397 g/mol. The van der Waals surface area contributed by atoms with Crippen LogP contribution in [0.3, 0.4) is 0 Å². The lowest BCUT2D eigenvalue weighted by molar-refractivity contribution is 0.0706. The predicted octanol–water partition coefficient (Wildman–Crippen LogP) is 4.08. The molecule has 0 aliphatic rings. The van der Waals surface area contributed by atoms with E-state index < -0.39 is 5.91 Å². The lowest BCUT2D eigenvalue weighted by atomic mass is 10.1. The minimum atomic E-state index is -0.568. The number of benzene rings is 2. The molecule has 0 radical (unpaired) electrons. The predicted molar refractivity (Wildman–Crippen MR) is 114 cm³/mol. The first-order valence-corrected chi connectivity index (χ1v) is 9.56. The number of rotatable bonds is 6. The summed E-state index contributed by atoms with van der Waals surface area (Å²) in [5.41, 5.74) is 4.69. The van der Waals surface area contributed by atoms with E-state index in [9.17, 15) is 9.18 Å². The van der Waals surface area contributed by atoms with Crippen LogP contribution in [0.15, 0.2) is 79.1 Å². The highest BCUT2D eigenvalue weighted by atomic mass is 19.1. The van der Waals surface area contributed by atoms with Crippen molar-refractivity contribution in [2.75, 3.05) is 4.90 Å². The van der Waals surface area contributed by atoms with E-state index in [0.29, 0.717) is 23.7 Å². The quantitative estimate of drug-likeness (QED) is 0.365. The number of aromatic nitrogens is 3. The molecule has 31 heavy (non-hydrogen) atoms. The number of pyridine rings is 1. The minimum absolute atomic E-state index is 0.286. The summed E-state index contributed by atoms with van der Waals surface area (Å²) in [4.78, 5) is 18.0. The Kier molecular flexibility index (Phi) is 5.72. The second kappa shape index (κ2) is 8.76. The van der Waals surface area contributed by atoms with E-state index in [1.165, 1.54) is 12.1 Å². The summed E-state index contributed by atoms with van der Waals surface area (Å²) < 4.78 is 15.0. The van der Waals surface area contributed by atoms with Gasteiger partial charge in [-0.2, -0.15) is 5.10 Å². The molecule has 2 aromatic carbocycles. The van der Waals surface area contributed by atoms with Crippen LogP contribution < -0.4 is 10.4 Å². The first-order chi connectivity index (χ1) is 15.0. The minimum Gasteiger partial charge on any atom is -0.305 e. The molecule has 8 heteroatoms. The molecule has 156 valence electrons. The average Bonchev–Trinajstić information content (AvgIpc) is 3.24. The summed E-state index contributed by atoms with van der Waals surface area (Å²) in [5.74, 6) is 0.536. The highest BCUT2D eigenvalue weighted by Crippen LogP contribution is 2.28. The molecule has 0 fully saturated rings. The van der Waals surface area contributed by atoms with Crippen molar-refractivity contribution < 1.29 is 14.4 Å². The standard InChI is InChI=1S/C23H20FN5O2/c1-28-13-11-21(26-28)29(15-16-2-4-18(5-3-16)23(30)27-31)22-14-19(10-12-25-22)17-6-8-20(24)9-7-17/h2-14,31H,15H2,1H3,(H,27,30). The summed E-state index contributed by atoms with van der Waals surface area (Å²) in [5, 5.41) is 13.3. The van der Waals surface area contributed by atoms with Gasteiger partial charge in [0.2, 0.25) is 0 Å². The van der Waals surface area contributed by atoms with Gasteiger partial charge in [-0.15, -0.1) is 0 Å². The van der Waals surface area contributed by atoms with E-state index in [0.717, 1.165) is 16.7 Å². The number of hydrogen-bond donors (Lipinski definition) is 2. The van der Waals surface area contributed by atoms with Gasteiger partial charge in [0.05, 0.1) is 6.54 Å². The number of halogens is 1. The Balaban J connectivity index is 1.68. The molecule has 2 heterocycles. The number of nitrogens with one attached hydrogen (secondary N) is 1. The fraction of sp³-hybridized carbons (Fsp3) is 0.0870. The maximum Gasteiger partial charge on any atom is 0.274 e. The maximum atomic E-state index is 13.3. The molecule has 0 saturated heterocycles. The number of hydrogen-bond acceptors (Lipinski definition) is 5. The van der Waals surface area contributed by atoms with Crippen molar-refractivity contribution in [3.8, 4) is 11.1 Å². The molecule has 7 nitrogen and oxygen atoms in total. The summed E-state index contributed by atoms with van der Waals surface area (Å²) in [6.07, 6.45) is 3.56. The van der Waals surface area contributed by atoms with Gasteiger partial charge in [0, 0.05) is 31.1 Å². The van der Waals surface area contributed by atoms with Crippen molar-refractivity contribution in [2.24, 2.45) is 7.05 Å². The summed E-state index contributed by atoms with van der Waals surface area (Å²) in [6.45, 7) is 0.456. The van der Waals surface area contributed by atoms with Crippen LogP contribution in [0.4, 0.5) is 16.0 Å². The third kappa shape index (κ3) is 4.59. The van der Waals surface area contributed by atoms with Crippen LogP contribution in [0.25, 0.3) is 11.1 Å². The second-order valence-electron chi connectivity index (χ2n) is 6.98. The Bertz CT molecular complexity index is 1190. The number of carbonyl (C=O) groups excluding carboxylic acids is 1. The highest BCUT2D eigenvalue weighted by molar-refractivity contribution is 5.93. The summed E-state index contributed by atoms with van der Waals surface area (Å²) in [6, 6.07) is 18.9. The first kappa shape index (κ1) is 20.2. The van der Waals surface area contributed by atoms with Crippen molar-refractivity contribution in [2.45, 2.75) is 6.54 Å². The zero-order valence-corrected chi connectivity index (χ0v) is 16.7. The second-order valence-corrected chi connectivity index (χ2v) is 6.98. The van der Waals surface area contributed by atoms with Gasteiger partial charge >= 0.3 is 0 Å². The monoisotopic (exact) mass is 417 g/mol. The lowest BCUT2D eigenvalue weighted by Gasteiger charge is -2.22. The van der Waals surface area contributed by atoms with Crippen LogP contribution in [0.5, 0.6) is 0 Å². The molecule has 0 atom stereocenters. The number of aryl methyl sites for hydroxylation is 1. The van der Waals surface area contributed by atoms with Gasteiger partial charge < -0.3 is 4.90 Å². The zero-order chi connectivity index (χ0) is 21.8. The largest absolute Gasteiger partial charge is 0.305 e. The molecule has 0 spiro atoms. The van der Waals surface area contributed by atoms with Crippen LogP contribution in [-0.4, -0.2) is 25.9 Å². The maximum absolute atomic E-state index is 13.3. The number of amides is 1. The highest BCUT2D eigenvalue weighted by Gasteiger charge is 2.16. The van der Waals surface area contributed by atoms with Crippen LogP contribution in [0.1, 0.15) is 15.9 Å². The number of nitrogens with zero attached hydrogens (tertiary/aromatic N) is 4. The molecule has 4 aromatic rings. The van der Waals surface area contributed by atoms with Crippen molar-refractivity contribution in [3.63, 3.8) is 0 Å². The number of carbonyl (C=O) groups is 1. The third-order valence-electron chi connectivity index (χ3n) is 4.83. The molecular formula is C23H20FN5O2. The van der Waals surface area contributed by atoms with E-state index in [2.05, 4.69) is 10.1 Å². The van der Waals surface area contributed by atoms with Crippen LogP contribution in [0, 0.1) is 5.82 Å². The molecule has 2 aromatic heterocycles. The van der Waals surface area contributed by atoms with Crippen molar-refractivity contribution in [1.82, 2.24) is 20.2 Å². The van der Waals surface area contributed by atoms with Crippen LogP contribution >= 0.6 is 0 Å². The Labute approximate surface area is 178 Å². The normalized spacial score (nSPS) is 10.7. The van der Waals surface area contributed by atoms with Gasteiger partial charge in [0.1, 0.15) is 11.6 Å². The fourth-order valence-corrected chi connectivity index (χ4v) is 3.22. The van der Waals surface area contributed by atoms with E-state index in [1.54, 1.807) is 40.6 Å². The van der Waals surface area contributed by atoms with Gasteiger partial charge in [-0.25, -0.2) is 14.9 Å². The van der Waals surface area contributed by atoms with Crippen molar-refractivity contribution >= 4 is 17.5 Å². The summed E-state index contributed by atoms with van der Waals surface area (Å²) in [7, 11) is 1.84. The van der Waals surface area contributed by atoms with Gasteiger partial charge in [0.25, 0.3) is 5.91 Å². The topological polar surface area (TPSA) is 83.3 Å². The molecule has 0 aliphatic heterocycles.